The first kappa shape index (κ1) is 17.0. The Kier molecular flexibility index (Phi) is 5.27. The Morgan fingerprint density at radius 2 is 1.77 bits per heavy atom. The SMILES string of the molecule is CN(C)C(=O)N[C@H](Oc1ccc2ccccc2c1)C(Cl)(Cl)Cl. The van der Waals surface area contributed by atoms with E-state index in [2.05, 4.69) is 5.32 Å². The van der Waals surface area contributed by atoms with E-state index < -0.39 is 16.1 Å². The Hall–Kier alpha value is -1.36. The molecule has 0 aliphatic heterocycles. The molecule has 2 aromatic carbocycles. The Morgan fingerprint density at radius 3 is 2.36 bits per heavy atom. The van der Waals surface area contributed by atoms with Crippen molar-refractivity contribution < 1.29 is 9.53 Å². The van der Waals surface area contributed by atoms with Crippen molar-refractivity contribution in [2.75, 3.05) is 14.1 Å². The average molecular weight is 362 g/mol. The molecule has 0 heterocycles. The predicted octanol–water partition coefficient (Wildman–Crippen LogP) is 4.19. The van der Waals surface area contributed by atoms with E-state index >= 15 is 0 Å². The number of nitrogens with zero attached hydrogens (tertiary/aromatic N) is 1. The lowest BCUT2D eigenvalue weighted by molar-refractivity contribution is 0.154. The van der Waals surface area contributed by atoms with Gasteiger partial charge in [-0.1, -0.05) is 65.1 Å². The van der Waals surface area contributed by atoms with Crippen molar-refractivity contribution in [3.8, 4) is 5.75 Å². The van der Waals surface area contributed by atoms with Gasteiger partial charge in [-0.05, 0) is 22.9 Å². The summed E-state index contributed by atoms with van der Waals surface area (Å²) < 4.78 is 3.85. The summed E-state index contributed by atoms with van der Waals surface area (Å²) in [5, 5.41) is 4.58. The van der Waals surface area contributed by atoms with Gasteiger partial charge in [0.15, 0.2) is 0 Å². The average Bonchev–Trinajstić information content (AvgIpc) is 2.45. The number of benzene rings is 2. The molecule has 0 aliphatic carbocycles. The highest BCUT2D eigenvalue weighted by molar-refractivity contribution is 6.68. The zero-order chi connectivity index (χ0) is 16.3. The van der Waals surface area contributed by atoms with Crippen molar-refractivity contribution in [3.63, 3.8) is 0 Å². The van der Waals surface area contributed by atoms with E-state index in [1.54, 1.807) is 20.2 Å². The molecule has 2 aromatic rings. The molecule has 2 rings (SSSR count). The van der Waals surface area contributed by atoms with Gasteiger partial charge in [0.2, 0.25) is 10.0 Å². The fourth-order valence-corrected chi connectivity index (χ4v) is 2.09. The summed E-state index contributed by atoms with van der Waals surface area (Å²) in [5.41, 5.74) is 0. The van der Waals surface area contributed by atoms with Crippen LogP contribution in [-0.4, -0.2) is 35.0 Å². The van der Waals surface area contributed by atoms with Gasteiger partial charge in [0.1, 0.15) is 5.75 Å². The van der Waals surface area contributed by atoms with E-state index in [-0.39, 0.29) is 0 Å². The summed E-state index contributed by atoms with van der Waals surface area (Å²) in [6.45, 7) is 0. The number of amides is 2. The molecule has 0 aromatic heterocycles. The molecule has 0 saturated carbocycles. The number of urea groups is 1. The Balaban J connectivity index is 2.23. The first-order chi connectivity index (χ1) is 10.3. The molecule has 0 unspecified atom stereocenters. The monoisotopic (exact) mass is 360 g/mol. The topological polar surface area (TPSA) is 41.6 Å². The summed E-state index contributed by atoms with van der Waals surface area (Å²) in [7, 11) is 3.17. The highest BCUT2D eigenvalue weighted by Crippen LogP contribution is 2.32. The van der Waals surface area contributed by atoms with Crippen molar-refractivity contribution >= 4 is 51.6 Å². The minimum absolute atomic E-state index is 0.419. The zero-order valence-electron chi connectivity index (χ0n) is 12.0. The number of rotatable bonds is 3. The quantitative estimate of drug-likeness (QED) is 0.658. The van der Waals surface area contributed by atoms with Gasteiger partial charge >= 0.3 is 6.03 Å². The van der Waals surface area contributed by atoms with Crippen LogP contribution in [0.2, 0.25) is 0 Å². The van der Waals surface area contributed by atoms with Crippen LogP contribution < -0.4 is 10.1 Å². The van der Waals surface area contributed by atoms with E-state index in [9.17, 15) is 4.79 Å². The molecular weight excluding hydrogens is 347 g/mol. The molecule has 0 saturated heterocycles. The molecule has 0 aliphatic rings. The molecule has 0 radical (unpaired) electrons. The van der Waals surface area contributed by atoms with Crippen LogP contribution in [-0.2, 0) is 0 Å². The Labute approximate surface area is 143 Å². The van der Waals surface area contributed by atoms with E-state index in [1.807, 2.05) is 36.4 Å². The van der Waals surface area contributed by atoms with Crippen molar-refractivity contribution in [3.05, 3.63) is 42.5 Å². The number of carbonyl (C=O) groups excluding carboxylic acids is 1. The van der Waals surface area contributed by atoms with Gasteiger partial charge in [-0.15, -0.1) is 0 Å². The number of hydrogen-bond acceptors (Lipinski definition) is 2. The fraction of sp³-hybridized carbons (Fsp3) is 0.267. The van der Waals surface area contributed by atoms with Crippen molar-refractivity contribution in [2.45, 2.75) is 10.0 Å². The molecule has 22 heavy (non-hydrogen) atoms. The van der Waals surface area contributed by atoms with E-state index in [4.69, 9.17) is 39.5 Å². The Bertz CT molecular complexity index is 671. The highest BCUT2D eigenvalue weighted by Gasteiger charge is 2.36. The molecule has 2 amide bonds. The van der Waals surface area contributed by atoms with Crippen LogP contribution in [0.3, 0.4) is 0 Å². The van der Waals surface area contributed by atoms with Crippen molar-refractivity contribution in [1.82, 2.24) is 10.2 Å². The molecule has 1 atom stereocenters. The zero-order valence-corrected chi connectivity index (χ0v) is 14.3. The van der Waals surface area contributed by atoms with E-state index in [1.165, 1.54) is 4.90 Å². The van der Waals surface area contributed by atoms with Crippen LogP contribution in [0, 0.1) is 0 Å². The number of alkyl halides is 3. The second kappa shape index (κ2) is 6.82. The second-order valence-corrected chi connectivity index (χ2v) is 7.26. The lowest BCUT2D eigenvalue weighted by Gasteiger charge is -2.27. The number of carbonyl (C=O) groups is 1. The first-order valence-corrected chi connectivity index (χ1v) is 7.61. The summed E-state index contributed by atoms with van der Waals surface area (Å²) in [5.74, 6) is 0.495. The van der Waals surface area contributed by atoms with Crippen LogP contribution in [0.15, 0.2) is 42.5 Å². The summed E-state index contributed by atoms with van der Waals surface area (Å²) in [6.07, 6.45) is -1.12. The number of fused-ring (bicyclic) bond motifs is 1. The van der Waals surface area contributed by atoms with Gasteiger partial charge in [0.25, 0.3) is 0 Å². The number of hydrogen-bond donors (Lipinski definition) is 1. The summed E-state index contributed by atoms with van der Waals surface area (Å²) in [6, 6.07) is 12.9. The normalized spacial score (nSPS) is 12.8. The van der Waals surface area contributed by atoms with Gasteiger partial charge < -0.3 is 9.64 Å². The third-order valence-electron chi connectivity index (χ3n) is 2.93. The lowest BCUT2D eigenvalue weighted by Crippen LogP contribution is -2.50. The standard InChI is InChI=1S/C15H15Cl3N2O2/c1-20(2)14(21)19-13(15(16,17)18)22-12-8-7-10-5-3-4-6-11(10)9-12/h3-9,13H,1-2H3,(H,19,21)/t13-/m1/s1. The molecule has 0 spiro atoms. The predicted molar refractivity (Wildman–Crippen MR) is 90.9 cm³/mol. The van der Waals surface area contributed by atoms with Gasteiger partial charge in [0.05, 0.1) is 0 Å². The smallest absolute Gasteiger partial charge is 0.319 e. The first-order valence-electron chi connectivity index (χ1n) is 6.47. The van der Waals surface area contributed by atoms with E-state index in [0.717, 1.165) is 10.8 Å². The second-order valence-electron chi connectivity index (χ2n) is 4.89. The Morgan fingerprint density at radius 1 is 1.14 bits per heavy atom. The maximum atomic E-state index is 11.8. The minimum atomic E-state index is -1.81. The van der Waals surface area contributed by atoms with Gasteiger partial charge in [-0.25, -0.2) is 4.79 Å². The maximum absolute atomic E-state index is 11.8. The third kappa shape index (κ3) is 4.32. The van der Waals surface area contributed by atoms with Crippen LogP contribution in [0.5, 0.6) is 5.75 Å². The molecule has 4 nitrogen and oxygen atoms in total. The van der Waals surface area contributed by atoms with Crippen molar-refractivity contribution in [1.29, 1.82) is 0 Å². The molecule has 1 N–H and O–H groups in total. The maximum Gasteiger partial charge on any atom is 0.319 e. The van der Waals surface area contributed by atoms with E-state index in [0.29, 0.717) is 5.75 Å². The molecule has 7 heteroatoms. The van der Waals surface area contributed by atoms with Crippen LogP contribution in [0.25, 0.3) is 10.8 Å². The lowest BCUT2D eigenvalue weighted by atomic mass is 10.1. The van der Waals surface area contributed by atoms with Crippen molar-refractivity contribution in [2.24, 2.45) is 0 Å². The molecule has 0 bridgehead atoms. The van der Waals surface area contributed by atoms with Crippen LogP contribution in [0.1, 0.15) is 0 Å². The van der Waals surface area contributed by atoms with Gasteiger partial charge in [0, 0.05) is 14.1 Å². The number of ether oxygens (including phenoxy) is 1. The molecule has 0 fully saturated rings. The fourth-order valence-electron chi connectivity index (χ4n) is 1.80. The minimum Gasteiger partial charge on any atom is -0.466 e. The van der Waals surface area contributed by atoms with Gasteiger partial charge in [-0.3, -0.25) is 5.32 Å². The highest BCUT2D eigenvalue weighted by atomic mass is 35.6. The number of nitrogens with one attached hydrogen (secondary N) is 1. The largest absolute Gasteiger partial charge is 0.466 e. The molecule has 118 valence electrons. The van der Waals surface area contributed by atoms with Crippen LogP contribution in [0.4, 0.5) is 4.79 Å². The third-order valence-corrected chi connectivity index (χ3v) is 3.53. The summed E-state index contributed by atoms with van der Waals surface area (Å²) in [4.78, 5) is 13.1. The van der Waals surface area contributed by atoms with Gasteiger partial charge in [-0.2, -0.15) is 0 Å². The number of halogens is 3. The molecular formula is C15H15Cl3N2O2. The van der Waals surface area contributed by atoms with Crippen LogP contribution >= 0.6 is 34.8 Å². The summed E-state index contributed by atoms with van der Waals surface area (Å²) >= 11 is 17.7.